The molecule has 0 bridgehead atoms. The molecule has 0 saturated carbocycles. The predicted molar refractivity (Wildman–Crippen MR) is 102 cm³/mol. The number of hydrogen-bond acceptors (Lipinski definition) is 4. The highest BCUT2D eigenvalue weighted by Gasteiger charge is 2.30. The number of aromatic nitrogens is 3. The van der Waals surface area contributed by atoms with E-state index in [1.165, 1.54) is 23.9 Å². The summed E-state index contributed by atoms with van der Waals surface area (Å²) in [6, 6.07) is 14.0. The summed E-state index contributed by atoms with van der Waals surface area (Å²) in [4.78, 5) is 12.4. The van der Waals surface area contributed by atoms with Gasteiger partial charge in [-0.3, -0.25) is 4.79 Å². The Morgan fingerprint density at radius 3 is 2.50 bits per heavy atom. The summed E-state index contributed by atoms with van der Waals surface area (Å²) in [6.45, 7) is 1.66. The summed E-state index contributed by atoms with van der Waals surface area (Å²) in [5.74, 6) is 0.238. The van der Waals surface area contributed by atoms with E-state index in [0.717, 1.165) is 17.7 Å². The molecular formula is C19H17F3N4OS. The number of alkyl halides is 3. The monoisotopic (exact) mass is 406 g/mol. The molecule has 0 spiro atoms. The van der Waals surface area contributed by atoms with Crippen molar-refractivity contribution in [3.8, 4) is 11.4 Å². The first kappa shape index (κ1) is 19.9. The molecule has 146 valence electrons. The van der Waals surface area contributed by atoms with Gasteiger partial charge in [0.1, 0.15) is 0 Å². The number of hydrogen-bond donors (Lipinski definition) is 1. The Hall–Kier alpha value is -2.81. The van der Waals surface area contributed by atoms with Crippen molar-refractivity contribution in [3.63, 3.8) is 0 Å². The van der Waals surface area contributed by atoms with E-state index < -0.39 is 22.9 Å². The van der Waals surface area contributed by atoms with Crippen LogP contribution in [0.15, 0.2) is 59.8 Å². The molecule has 9 heteroatoms. The minimum absolute atomic E-state index is 0.0928. The largest absolute Gasteiger partial charge is 0.416 e. The number of rotatable bonds is 5. The first-order valence-corrected chi connectivity index (χ1v) is 9.23. The molecule has 2 aromatic carbocycles. The van der Waals surface area contributed by atoms with Crippen LogP contribution < -0.4 is 5.32 Å². The van der Waals surface area contributed by atoms with Crippen molar-refractivity contribution >= 4 is 23.4 Å². The second kappa shape index (κ2) is 8.05. The highest BCUT2D eigenvalue weighted by Crippen LogP contribution is 2.31. The molecule has 5 nitrogen and oxygen atoms in total. The summed E-state index contributed by atoms with van der Waals surface area (Å²) >= 11 is 1.18. The minimum Gasteiger partial charge on any atom is -0.325 e. The van der Waals surface area contributed by atoms with Crippen LogP contribution in [-0.2, 0) is 18.0 Å². The lowest BCUT2D eigenvalue weighted by molar-refractivity contribution is -0.137. The highest BCUT2D eigenvalue weighted by atomic mass is 32.2. The second-order valence-corrected chi connectivity index (χ2v) is 7.37. The maximum atomic E-state index is 12.8. The van der Waals surface area contributed by atoms with Crippen LogP contribution in [0.25, 0.3) is 11.4 Å². The third-order valence-electron chi connectivity index (χ3n) is 3.98. The zero-order chi connectivity index (χ0) is 20.3. The van der Waals surface area contributed by atoms with Gasteiger partial charge in [-0.05, 0) is 25.1 Å². The number of carbonyl (C=O) groups is 1. The SMILES string of the molecule is CC(Sc1nnc(-c2ccccc2)n1C)C(=O)Nc1cccc(C(F)(F)F)c1. The summed E-state index contributed by atoms with van der Waals surface area (Å²) in [5.41, 5.74) is 0.173. The van der Waals surface area contributed by atoms with Gasteiger partial charge in [-0.15, -0.1) is 10.2 Å². The number of carbonyl (C=O) groups excluding carboxylic acids is 1. The smallest absolute Gasteiger partial charge is 0.325 e. The number of halogens is 3. The van der Waals surface area contributed by atoms with Gasteiger partial charge in [0.05, 0.1) is 10.8 Å². The van der Waals surface area contributed by atoms with E-state index in [-0.39, 0.29) is 5.69 Å². The third kappa shape index (κ3) is 4.53. The Labute approximate surface area is 164 Å². The first-order valence-electron chi connectivity index (χ1n) is 8.35. The first-order chi connectivity index (χ1) is 13.3. The molecule has 0 aliphatic carbocycles. The maximum absolute atomic E-state index is 12.8. The Morgan fingerprint density at radius 1 is 1.11 bits per heavy atom. The topological polar surface area (TPSA) is 59.8 Å². The number of thioether (sulfide) groups is 1. The maximum Gasteiger partial charge on any atom is 0.416 e. The van der Waals surface area contributed by atoms with Crippen LogP contribution in [0.4, 0.5) is 18.9 Å². The molecule has 1 amide bonds. The molecule has 3 aromatic rings. The normalized spacial score (nSPS) is 12.6. The van der Waals surface area contributed by atoms with Crippen LogP contribution >= 0.6 is 11.8 Å². The van der Waals surface area contributed by atoms with E-state index in [1.807, 2.05) is 30.3 Å². The van der Waals surface area contributed by atoms with Crippen LogP contribution in [0.3, 0.4) is 0 Å². The molecule has 1 aromatic heterocycles. The van der Waals surface area contributed by atoms with Crippen molar-refractivity contribution in [2.24, 2.45) is 7.05 Å². The number of amides is 1. The summed E-state index contributed by atoms with van der Waals surface area (Å²) in [6.07, 6.45) is -4.46. The summed E-state index contributed by atoms with van der Waals surface area (Å²) in [5, 5.41) is 10.7. The molecule has 0 aliphatic rings. The van der Waals surface area contributed by atoms with Gasteiger partial charge in [0.2, 0.25) is 5.91 Å². The van der Waals surface area contributed by atoms with Crippen molar-refractivity contribution in [1.29, 1.82) is 0 Å². The van der Waals surface area contributed by atoms with Gasteiger partial charge in [0.25, 0.3) is 0 Å². The molecule has 28 heavy (non-hydrogen) atoms. The summed E-state index contributed by atoms with van der Waals surface area (Å²) in [7, 11) is 1.79. The molecule has 0 aliphatic heterocycles. The average molecular weight is 406 g/mol. The number of nitrogens with zero attached hydrogens (tertiary/aromatic N) is 3. The molecule has 3 rings (SSSR count). The second-order valence-electron chi connectivity index (χ2n) is 6.06. The minimum atomic E-state index is -4.46. The molecule has 0 saturated heterocycles. The fourth-order valence-corrected chi connectivity index (χ4v) is 3.30. The van der Waals surface area contributed by atoms with Gasteiger partial charge in [0.15, 0.2) is 11.0 Å². The van der Waals surface area contributed by atoms with Crippen LogP contribution in [-0.4, -0.2) is 25.9 Å². The molecule has 1 heterocycles. The van der Waals surface area contributed by atoms with Crippen molar-refractivity contribution in [1.82, 2.24) is 14.8 Å². The van der Waals surface area contributed by atoms with Crippen LogP contribution in [0.2, 0.25) is 0 Å². The van der Waals surface area contributed by atoms with Gasteiger partial charge in [-0.1, -0.05) is 48.2 Å². The summed E-state index contributed by atoms with van der Waals surface area (Å²) < 4.78 is 40.2. The van der Waals surface area contributed by atoms with Gasteiger partial charge < -0.3 is 9.88 Å². The van der Waals surface area contributed by atoms with Crippen LogP contribution in [0.5, 0.6) is 0 Å². The Balaban J connectivity index is 1.69. The zero-order valence-corrected chi connectivity index (χ0v) is 15.9. The molecule has 1 atom stereocenters. The highest BCUT2D eigenvalue weighted by molar-refractivity contribution is 8.00. The van der Waals surface area contributed by atoms with E-state index in [4.69, 9.17) is 0 Å². The van der Waals surface area contributed by atoms with E-state index in [9.17, 15) is 18.0 Å². The molecule has 0 fully saturated rings. The predicted octanol–water partition coefficient (Wildman–Crippen LogP) is 4.62. The molecule has 1 unspecified atom stereocenters. The van der Waals surface area contributed by atoms with Gasteiger partial charge in [0, 0.05) is 18.3 Å². The van der Waals surface area contributed by atoms with E-state index >= 15 is 0 Å². The Morgan fingerprint density at radius 2 is 1.82 bits per heavy atom. The lowest BCUT2D eigenvalue weighted by Gasteiger charge is -2.13. The lowest BCUT2D eigenvalue weighted by Crippen LogP contribution is -2.23. The number of benzene rings is 2. The Bertz CT molecular complexity index is 973. The molecular weight excluding hydrogens is 389 g/mol. The van der Waals surface area contributed by atoms with E-state index in [0.29, 0.717) is 11.0 Å². The number of nitrogens with one attached hydrogen (secondary N) is 1. The quantitative estimate of drug-likeness (QED) is 0.628. The van der Waals surface area contributed by atoms with Crippen LogP contribution in [0.1, 0.15) is 12.5 Å². The molecule has 0 radical (unpaired) electrons. The van der Waals surface area contributed by atoms with Gasteiger partial charge in [-0.25, -0.2) is 0 Å². The fourth-order valence-electron chi connectivity index (χ4n) is 2.48. The van der Waals surface area contributed by atoms with Crippen molar-refractivity contribution < 1.29 is 18.0 Å². The lowest BCUT2D eigenvalue weighted by atomic mass is 10.2. The van der Waals surface area contributed by atoms with E-state index in [2.05, 4.69) is 15.5 Å². The third-order valence-corrected chi connectivity index (χ3v) is 5.11. The average Bonchev–Trinajstić information content (AvgIpc) is 3.02. The number of anilines is 1. The fraction of sp³-hybridized carbons (Fsp3) is 0.211. The molecule has 1 N–H and O–H groups in total. The Kier molecular flexibility index (Phi) is 5.73. The standard InChI is InChI=1S/C19H17F3N4OS/c1-12(17(27)23-15-10-6-9-14(11-15)19(20,21)22)28-18-25-24-16(26(18)2)13-7-4-3-5-8-13/h3-12H,1-2H3,(H,23,27). The van der Waals surface area contributed by atoms with Crippen molar-refractivity contribution in [2.45, 2.75) is 23.5 Å². The van der Waals surface area contributed by atoms with Gasteiger partial charge >= 0.3 is 6.18 Å². The van der Waals surface area contributed by atoms with Gasteiger partial charge in [-0.2, -0.15) is 13.2 Å². The van der Waals surface area contributed by atoms with Crippen molar-refractivity contribution in [2.75, 3.05) is 5.32 Å². The zero-order valence-electron chi connectivity index (χ0n) is 15.1. The van der Waals surface area contributed by atoms with Crippen molar-refractivity contribution in [3.05, 3.63) is 60.2 Å². The van der Waals surface area contributed by atoms with E-state index in [1.54, 1.807) is 18.5 Å². The van der Waals surface area contributed by atoms with Crippen LogP contribution in [0, 0.1) is 0 Å².